The number of amides is 1. The Kier molecular flexibility index (Phi) is 6.55. The first kappa shape index (κ1) is 23.6. The summed E-state index contributed by atoms with van der Waals surface area (Å²) in [4.78, 5) is 27.0. The minimum Gasteiger partial charge on any atom is -0.378 e. The van der Waals surface area contributed by atoms with Crippen molar-refractivity contribution < 1.29 is 14.3 Å². The van der Waals surface area contributed by atoms with Crippen molar-refractivity contribution in [3.8, 4) is 22.4 Å². The third-order valence-electron chi connectivity index (χ3n) is 7.18. The summed E-state index contributed by atoms with van der Waals surface area (Å²) in [6, 6.07) is 20.6. The highest BCUT2D eigenvalue weighted by Gasteiger charge is 2.20. The number of rotatable bonds is 4. The number of fused-ring (bicyclic) bond motifs is 1. The molecule has 0 bridgehead atoms. The number of aryl methyl sites for hydroxylation is 1. The second-order valence-corrected chi connectivity index (χ2v) is 9.51. The van der Waals surface area contributed by atoms with Crippen LogP contribution >= 0.6 is 0 Å². The quantitative estimate of drug-likeness (QED) is 0.414. The van der Waals surface area contributed by atoms with E-state index >= 15 is 0 Å². The third kappa shape index (κ3) is 4.80. The molecule has 0 atom stereocenters. The van der Waals surface area contributed by atoms with E-state index in [1.54, 1.807) is 0 Å². The largest absolute Gasteiger partial charge is 0.378 e. The van der Waals surface area contributed by atoms with Gasteiger partial charge in [-0.1, -0.05) is 36.4 Å². The molecule has 3 heterocycles. The van der Waals surface area contributed by atoms with E-state index in [2.05, 4.69) is 41.3 Å². The van der Waals surface area contributed by atoms with Gasteiger partial charge in [0.05, 0.1) is 49.4 Å². The van der Waals surface area contributed by atoms with Crippen molar-refractivity contribution in [2.45, 2.75) is 6.92 Å². The van der Waals surface area contributed by atoms with Gasteiger partial charge >= 0.3 is 0 Å². The number of benzene rings is 3. The average Bonchev–Trinajstić information content (AvgIpc) is 2.97. The fraction of sp³-hybridized carbons (Fsp3) is 0.300. The Labute approximate surface area is 216 Å². The van der Waals surface area contributed by atoms with Gasteiger partial charge in [0.2, 0.25) is 0 Å². The molecule has 0 spiro atoms. The van der Waals surface area contributed by atoms with Crippen LogP contribution in [0.3, 0.4) is 0 Å². The maximum Gasteiger partial charge on any atom is 0.254 e. The molecular formula is C30H30N4O3. The minimum atomic E-state index is 0.0628. The van der Waals surface area contributed by atoms with Gasteiger partial charge in [-0.05, 0) is 42.3 Å². The van der Waals surface area contributed by atoms with Gasteiger partial charge in [0.25, 0.3) is 5.91 Å². The van der Waals surface area contributed by atoms with Crippen molar-refractivity contribution in [2.75, 3.05) is 57.5 Å². The highest BCUT2D eigenvalue weighted by molar-refractivity contribution is 5.98. The van der Waals surface area contributed by atoms with E-state index in [1.807, 2.05) is 42.3 Å². The van der Waals surface area contributed by atoms with Crippen molar-refractivity contribution in [3.63, 3.8) is 0 Å². The molecule has 4 aromatic rings. The number of para-hydroxylation sites is 1. The fourth-order valence-corrected chi connectivity index (χ4v) is 5.08. The molecule has 7 heteroatoms. The summed E-state index contributed by atoms with van der Waals surface area (Å²) < 4.78 is 10.9. The summed E-state index contributed by atoms with van der Waals surface area (Å²) in [7, 11) is 0. The Morgan fingerprint density at radius 1 is 0.838 bits per heavy atom. The zero-order valence-electron chi connectivity index (χ0n) is 21.0. The van der Waals surface area contributed by atoms with Crippen LogP contribution in [0.4, 0.5) is 5.69 Å². The Bertz CT molecular complexity index is 1420. The predicted octanol–water partition coefficient (Wildman–Crippen LogP) is 4.58. The van der Waals surface area contributed by atoms with Crippen LogP contribution in [0.15, 0.2) is 66.9 Å². The van der Waals surface area contributed by atoms with Crippen LogP contribution in [0.5, 0.6) is 0 Å². The first-order chi connectivity index (χ1) is 18.2. The van der Waals surface area contributed by atoms with Crippen molar-refractivity contribution in [1.82, 2.24) is 14.9 Å². The van der Waals surface area contributed by atoms with E-state index in [0.29, 0.717) is 26.3 Å². The molecule has 188 valence electrons. The van der Waals surface area contributed by atoms with Gasteiger partial charge in [0.1, 0.15) is 0 Å². The molecular weight excluding hydrogens is 464 g/mol. The van der Waals surface area contributed by atoms with Crippen molar-refractivity contribution in [1.29, 1.82) is 0 Å². The zero-order valence-corrected chi connectivity index (χ0v) is 21.0. The maximum atomic E-state index is 13.0. The molecule has 1 aromatic heterocycles. The first-order valence-corrected chi connectivity index (χ1v) is 12.8. The number of nitrogens with zero attached hydrogens (tertiary/aromatic N) is 4. The van der Waals surface area contributed by atoms with Gasteiger partial charge < -0.3 is 19.3 Å². The number of morpholine rings is 2. The van der Waals surface area contributed by atoms with E-state index in [4.69, 9.17) is 19.4 Å². The van der Waals surface area contributed by atoms with E-state index in [0.717, 1.165) is 70.8 Å². The molecule has 7 nitrogen and oxygen atoms in total. The standard InChI is InChI=1S/C30H30N4O3/c1-21-19-23(7-10-25(21)30(35)34-13-17-37-18-14-34)26-3-2-4-27-29(26)32-28(20-31-27)22-5-8-24(9-6-22)33-11-15-36-16-12-33/h2-10,19-20H,11-18H2,1H3. The van der Waals surface area contributed by atoms with Gasteiger partial charge in [0.15, 0.2) is 0 Å². The Morgan fingerprint density at radius 3 is 2.27 bits per heavy atom. The molecule has 2 saturated heterocycles. The van der Waals surface area contributed by atoms with E-state index in [9.17, 15) is 4.79 Å². The van der Waals surface area contributed by atoms with Gasteiger partial charge in [-0.3, -0.25) is 9.78 Å². The topological polar surface area (TPSA) is 67.8 Å². The van der Waals surface area contributed by atoms with Crippen LogP contribution in [0.1, 0.15) is 15.9 Å². The summed E-state index contributed by atoms with van der Waals surface area (Å²) in [5, 5.41) is 0. The summed E-state index contributed by atoms with van der Waals surface area (Å²) in [5.41, 5.74) is 8.48. The molecule has 0 saturated carbocycles. The van der Waals surface area contributed by atoms with Gasteiger partial charge in [0, 0.05) is 48.6 Å². The number of anilines is 1. The summed E-state index contributed by atoms with van der Waals surface area (Å²) in [6.45, 7) is 7.81. The van der Waals surface area contributed by atoms with Crippen LogP contribution in [0.25, 0.3) is 33.4 Å². The number of aromatic nitrogens is 2. The van der Waals surface area contributed by atoms with Crippen molar-refractivity contribution in [2.24, 2.45) is 0 Å². The van der Waals surface area contributed by atoms with Crippen molar-refractivity contribution in [3.05, 3.63) is 78.0 Å². The minimum absolute atomic E-state index is 0.0628. The predicted molar refractivity (Wildman–Crippen MR) is 145 cm³/mol. The van der Waals surface area contributed by atoms with Crippen LogP contribution in [0.2, 0.25) is 0 Å². The first-order valence-electron chi connectivity index (χ1n) is 12.8. The SMILES string of the molecule is Cc1cc(-c2cccc3ncc(-c4ccc(N5CCOCC5)cc4)nc23)ccc1C(=O)N1CCOCC1. The number of ether oxygens (including phenoxy) is 2. The number of carbonyl (C=O) groups excluding carboxylic acids is 1. The van der Waals surface area contributed by atoms with Crippen LogP contribution < -0.4 is 4.90 Å². The molecule has 2 fully saturated rings. The second kappa shape index (κ2) is 10.3. The molecule has 6 rings (SSSR count). The monoisotopic (exact) mass is 494 g/mol. The van der Waals surface area contributed by atoms with Gasteiger partial charge in [-0.15, -0.1) is 0 Å². The highest BCUT2D eigenvalue weighted by Crippen LogP contribution is 2.31. The third-order valence-corrected chi connectivity index (χ3v) is 7.18. The lowest BCUT2D eigenvalue weighted by Gasteiger charge is -2.28. The number of carbonyl (C=O) groups is 1. The van der Waals surface area contributed by atoms with Gasteiger partial charge in [-0.2, -0.15) is 0 Å². The van der Waals surface area contributed by atoms with Crippen LogP contribution in [-0.4, -0.2) is 73.4 Å². The molecule has 2 aliphatic rings. The Hall–Kier alpha value is -3.81. The molecule has 0 N–H and O–H groups in total. The lowest BCUT2D eigenvalue weighted by Crippen LogP contribution is -2.40. The van der Waals surface area contributed by atoms with E-state index in [1.165, 1.54) is 5.69 Å². The molecule has 1 amide bonds. The molecule has 0 radical (unpaired) electrons. The zero-order chi connectivity index (χ0) is 25.2. The molecule has 37 heavy (non-hydrogen) atoms. The van der Waals surface area contributed by atoms with E-state index < -0.39 is 0 Å². The fourth-order valence-electron chi connectivity index (χ4n) is 5.08. The van der Waals surface area contributed by atoms with E-state index in [-0.39, 0.29) is 5.91 Å². The maximum absolute atomic E-state index is 13.0. The highest BCUT2D eigenvalue weighted by atomic mass is 16.5. The lowest BCUT2D eigenvalue weighted by atomic mass is 9.98. The second-order valence-electron chi connectivity index (χ2n) is 9.51. The molecule has 0 aliphatic carbocycles. The van der Waals surface area contributed by atoms with Crippen LogP contribution in [-0.2, 0) is 9.47 Å². The van der Waals surface area contributed by atoms with Crippen molar-refractivity contribution >= 4 is 22.6 Å². The summed E-state index contributed by atoms with van der Waals surface area (Å²) in [6.07, 6.45) is 1.84. The molecule has 3 aromatic carbocycles. The molecule has 2 aliphatic heterocycles. The summed E-state index contributed by atoms with van der Waals surface area (Å²) in [5.74, 6) is 0.0628. The lowest BCUT2D eigenvalue weighted by molar-refractivity contribution is 0.0302. The molecule has 0 unspecified atom stereocenters. The normalized spacial score (nSPS) is 16.2. The Morgan fingerprint density at radius 2 is 1.54 bits per heavy atom. The summed E-state index contributed by atoms with van der Waals surface area (Å²) >= 11 is 0. The Balaban J connectivity index is 1.31. The smallest absolute Gasteiger partial charge is 0.254 e. The van der Waals surface area contributed by atoms with Gasteiger partial charge in [-0.25, -0.2) is 4.98 Å². The number of hydrogen-bond donors (Lipinski definition) is 0. The average molecular weight is 495 g/mol. The van der Waals surface area contributed by atoms with Crippen LogP contribution in [0, 0.1) is 6.92 Å². The number of hydrogen-bond acceptors (Lipinski definition) is 6.